The van der Waals surface area contributed by atoms with Crippen LogP contribution in [0.25, 0.3) is 0 Å². The van der Waals surface area contributed by atoms with Crippen molar-refractivity contribution in [2.75, 3.05) is 33.3 Å². The second-order valence-corrected chi connectivity index (χ2v) is 6.58. The molecule has 0 atom stereocenters. The molecule has 0 bridgehead atoms. The highest BCUT2D eigenvalue weighted by Crippen LogP contribution is 2.39. The number of likely N-dealkylation sites (tertiary alicyclic amines) is 1. The first-order valence-electron chi connectivity index (χ1n) is 7.46. The summed E-state index contributed by atoms with van der Waals surface area (Å²) in [5, 5.41) is 4.28. The number of hydrogen-bond acceptors (Lipinski definition) is 3. The molecule has 2 fully saturated rings. The minimum Gasteiger partial charge on any atom is -0.497 e. The highest BCUT2D eigenvalue weighted by molar-refractivity contribution is 6.31. The molecule has 0 saturated carbocycles. The maximum atomic E-state index is 6.35. The third-order valence-electron chi connectivity index (χ3n) is 4.84. The van der Waals surface area contributed by atoms with E-state index < -0.39 is 0 Å². The van der Waals surface area contributed by atoms with Crippen molar-refractivity contribution in [3.63, 3.8) is 0 Å². The molecular weight excluding hydrogens is 307 g/mol. The zero-order valence-electron chi connectivity index (χ0n) is 12.5. The SMILES string of the molecule is COc1ccc(CN2CCC3(CCNCC3)C2)c(Cl)c1.Cl. The van der Waals surface area contributed by atoms with Crippen molar-refractivity contribution in [1.29, 1.82) is 0 Å². The first-order chi connectivity index (χ1) is 9.71. The lowest BCUT2D eigenvalue weighted by atomic mass is 9.78. The molecule has 2 aliphatic heterocycles. The molecule has 2 aliphatic rings. The molecule has 1 aromatic rings. The van der Waals surface area contributed by atoms with Crippen LogP contribution in [0.4, 0.5) is 0 Å². The van der Waals surface area contributed by atoms with Gasteiger partial charge in [0, 0.05) is 18.1 Å². The molecule has 0 radical (unpaired) electrons. The Morgan fingerprint density at radius 2 is 2.05 bits per heavy atom. The number of benzene rings is 1. The van der Waals surface area contributed by atoms with E-state index in [9.17, 15) is 0 Å². The Bertz CT molecular complexity index is 475. The van der Waals surface area contributed by atoms with E-state index in [2.05, 4.69) is 16.3 Å². The van der Waals surface area contributed by atoms with Crippen molar-refractivity contribution < 1.29 is 4.74 Å². The molecule has 3 rings (SSSR count). The molecule has 3 nitrogen and oxygen atoms in total. The van der Waals surface area contributed by atoms with E-state index in [0.717, 1.165) is 17.3 Å². The Hall–Kier alpha value is -0.480. The summed E-state index contributed by atoms with van der Waals surface area (Å²) in [4.78, 5) is 2.55. The average Bonchev–Trinajstić information content (AvgIpc) is 2.84. The zero-order chi connectivity index (χ0) is 14.0. The highest BCUT2D eigenvalue weighted by Gasteiger charge is 2.38. The summed E-state index contributed by atoms with van der Waals surface area (Å²) in [7, 11) is 1.67. The number of halogens is 2. The van der Waals surface area contributed by atoms with Crippen LogP contribution in [0.2, 0.25) is 5.02 Å². The predicted molar refractivity (Wildman–Crippen MR) is 89.7 cm³/mol. The van der Waals surface area contributed by atoms with E-state index in [1.807, 2.05) is 12.1 Å². The van der Waals surface area contributed by atoms with Crippen LogP contribution in [0, 0.1) is 5.41 Å². The summed E-state index contributed by atoms with van der Waals surface area (Å²) in [5.41, 5.74) is 1.77. The standard InChI is InChI=1S/C16H23ClN2O.ClH/c1-20-14-3-2-13(15(17)10-14)11-19-9-6-16(12-19)4-7-18-8-5-16;/h2-3,10,18H,4-9,11-12H2,1H3;1H. The normalized spacial score (nSPS) is 21.2. The maximum Gasteiger partial charge on any atom is 0.120 e. The molecule has 1 aromatic carbocycles. The van der Waals surface area contributed by atoms with E-state index >= 15 is 0 Å². The lowest BCUT2D eigenvalue weighted by Gasteiger charge is -2.34. The second-order valence-electron chi connectivity index (χ2n) is 6.17. The third kappa shape index (κ3) is 3.84. The lowest BCUT2D eigenvalue weighted by molar-refractivity contribution is 0.194. The van der Waals surface area contributed by atoms with Crippen LogP contribution in [-0.2, 0) is 6.54 Å². The largest absolute Gasteiger partial charge is 0.497 e. The third-order valence-corrected chi connectivity index (χ3v) is 5.19. The summed E-state index contributed by atoms with van der Waals surface area (Å²) in [5.74, 6) is 0.829. The number of rotatable bonds is 3. The van der Waals surface area contributed by atoms with E-state index in [1.54, 1.807) is 7.11 Å². The Kier molecular flexibility index (Phi) is 5.78. The van der Waals surface area contributed by atoms with Crippen LogP contribution in [0.3, 0.4) is 0 Å². The number of hydrogen-bond donors (Lipinski definition) is 1. The molecule has 118 valence electrons. The average molecular weight is 331 g/mol. The van der Waals surface area contributed by atoms with Gasteiger partial charge in [0.1, 0.15) is 5.75 Å². The molecule has 5 heteroatoms. The van der Waals surface area contributed by atoms with Gasteiger partial charge in [0.2, 0.25) is 0 Å². The first-order valence-corrected chi connectivity index (χ1v) is 7.84. The van der Waals surface area contributed by atoms with Gasteiger partial charge >= 0.3 is 0 Å². The van der Waals surface area contributed by atoms with E-state index in [0.29, 0.717) is 5.41 Å². The van der Waals surface area contributed by atoms with E-state index in [1.165, 1.54) is 51.0 Å². The zero-order valence-corrected chi connectivity index (χ0v) is 14.1. The van der Waals surface area contributed by atoms with Gasteiger partial charge in [-0.2, -0.15) is 0 Å². The van der Waals surface area contributed by atoms with Gasteiger partial charge in [-0.05, 0) is 62.0 Å². The Morgan fingerprint density at radius 1 is 1.29 bits per heavy atom. The summed E-state index contributed by atoms with van der Waals surface area (Å²) >= 11 is 6.35. The number of ether oxygens (including phenoxy) is 1. The monoisotopic (exact) mass is 330 g/mol. The number of methoxy groups -OCH3 is 1. The minimum atomic E-state index is 0. The van der Waals surface area contributed by atoms with Gasteiger partial charge < -0.3 is 10.1 Å². The smallest absolute Gasteiger partial charge is 0.120 e. The molecule has 0 aromatic heterocycles. The van der Waals surface area contributed by atoms with Crippen molar-refractivity contribution in [2.45, 2.75) is 25.8 Å². The van der Waals surface area contributed by atoms with Gasteiger partial charge in [-0.1, -0.05) is 17.7 Å². The van der Waals surface area contributed by atoms with Crippen LogP contribution in [0.5, 0.6) is 5.75 Å². The fraction of sp³-hybridized carbons (Fsp3) is 0.625. The van der Waals surface area contributed by atoms with Gasteiger partial charge in [-0.15, -0.1) is 12.4 Å². The molecule has 1 N–H and O–H groups in total. The molecule has 0 aliphatic carbocycles. The van der Waals surface area contributed by atoms with Crippen LogP contribution in [0.1, 0.15) is 24.8 Å². The van der Waals surface area contributed by atoms with Gasteiger partial charge in [0.25, 0.3) is 0 Å². The van der Waals surface area contributed by atoms with Crippen molar-refractivity contribution in [2.24, 2.45) is 5.41 Å². The highest BCUT2D eigenvalue weighted by atomic mass is 35.5. The number of nitrogens with zero attached hydrogens (tertiary/aromatic N) is 1. The van der Waals surface area contributed by atoms with Gasteiger partial charge in [-0.25, -0.2) is 0 Å². The summed E-state index contributed by atoms with van der Waals surface area (Å²) in [6, 6.07) is 6.00. The Balaban J connectivity index is 0.00000161. The molecule has 2 heterocycles. The maximum absolute atomic E-state index is 6.35. The van der Waals surface area contributed by atoms with Crippen molar-refractivity contribution in [3.05, 3.63) is 28.8 Å². The van der Waals surface area contributed by atoms with E-state index in [4.69, 9.17) is 16.3 Å². The van der Waals surface area contributed by atoms with Crippen molar-refractivity contribution in [3.8, 4) is 5.75 Å². The molecule has 1 spiro atoms. The van der Waals surface area contributed by atoms with Gasteiger partial charge in [0.05, 0.1) is 7.11 Å². The van der Waals surface area contributed by atoms with Gasteiger partial charge in [0.15, 0.2) is 0 Å². The summed E-state index contributed by atoms with van der Waals surface area (Å²) in [6.07, 6.45) is 3.97. The Labute approximate surface area is 138 Å². The van der Waals surface area contributed by atoms with Crippen molar-refractivity contribution >= 4 is 24.0 Å². The molecule has 2 saturated heterocycles. The van der Waals surface area contributed by atoms with Gasteiger partial charge in [-0.3, -0.25) is 4.90 Å². The summed E-state index contributed by atoms with van der Waals surface area (Å²) in [6.45, 7) is 5.73. The number of nitrogens with one attached hydrogen (secondary N) is 1. The number of piperidine rings is 1. The molecule has 0 unspecified atom stereocenters. The van der Waals surface area contributed by atoms with Crippen LogP contribution in [0.15, 0.2) is 18.2 Å². The quantitative estimate of drug-likeness (QED) is 0.919. The second kappa shape index (κ2) is 7.19. The van der Waals surface area contributed by atoms with Crippen LogP contribution < -0.4 is 10.1 Å². The van der Waals surface area contributed by atoms with Crippen LogP contribution in [-0.4, -0.2) is 38.2 Å². The summed E-state index contributed by atoms with van der Waals surface area (Å²) < 4.78 is 5.21. The Morgan fingerprint density at radius 3 is 2.71 bits per heavy atom. The van der Waals surface area contributed by atoms with Crippen molar-refractivity contribution in [1.82, 2.24) is 10.2 Å². The first kappa shape index (κ1) is 16.9. The van der Waals surface area contributed by atoms with Crippen LogP contribution >= 0.6 is 24.0 Å². The topological polar surface area (TPSA) is 24.5 Å². The molecule has 0 amide bonds. The minimum absolute atomic E-state index is 0. The predicted octanol–water partition coefficient (Wildman–Crippen LogP) is 3.35. The van der Waals surface area contributed by atoms with E-state index in [-0.39, 0.29) is 12.4 Å². The molecular formula is C16H24Cl2N2O. The lowest BCUT2D eigenvalue weighted by Crippen LogP contribution is -2.38. The fourth-order valence-electron chi connectivity index (χ4n) is 3.55. The molecule has 21 heavy (non-hydrogen) atoms. The fourth-order valence-corrected chi connectivity index (χ4v) is 3.78.